The van der Waals surface area contributed by atoms with Gasteiger partial charge in [-0.3, -0.25) is 4.79 Å². The number of carboxylic acid groups (broad SMARTS) is 1. The minimum Gasteiger partial charge on any atom is -0.480 e. The molecule has 10 heavy (non-hydrogen) atoms. The second-order valence-electron chi connectivity index (χ2n) is 1.84. The van der Waals surface area contributed by atoms with Crippen LogP contribution in [-0.4, -0.2) is 29.9 Å². The third kappa shape index (κ3) is 5.95. The molecular formula is C5H15N2O2P. The molecule has 0 heterocycles. The average Bonchev–Trinajstić information content (AvgIpc) is 1.82. The summed E-state index contributed by atoms with van der Waals surface area (Å²) < 4.78 is 0. The highest BCUT2D eigenvalue weighted by atomic mass is 31.1. The first kappa shape index (κ1) is 12.5. The van der Waals surface area contributed by atoms with Crippen molar-refractivity contribution < 1.29 is 9.90 Å². The summed E-state index contributed by atoms with van der Waals surface area (Å²) in [5.74, 6) is -0.895. The van der Waals surface area contributed by atoms with Gasteiger partial charge in [-0.25, -0.2) is 0 Å². The van der Waals surface area contributed by atoms with Gasteiger partial charge in [0.05, 0.1) is 0 Å². The Morgan fingerprint density at radius 1 is 1.80 bits per heavy atom. The van der Waals surface area contributed by atoms with Gasteiger partial charge in [0.15, 0.2) is 0 Å². The van der Waals surface area contributed by atoms with E-state index in [1.807, 2.05) is 6.66 Å². The van der Waals surface area contributed by atoms with Gasteiger partial charge < -0.3 is 17.0 Å². The van der Waals surface area contributed by atoms with Crippen molar-refractivity contribution in [3.8, 4) is 0 Å². The molecular weight excluding hydrogens is 151 g/mol. The molecule has 0 amide bonds. The SMILES string of the molecule is CPCC[C@@H](N)C(=O)O.N. The Hall–Kier alpha value is -0.180. The smallest absolute Gasteiger partial charge is 0.320 e. The molecule has 0 radical (unpaired) electrons. The third-order valence-corrected chi connectivity index (χ3v) is 1.81. The van der Waals surface area contributed by atoms with Gasteiger partial charge in [0.2, 0.25) is 0 Å². The van der Waals surface area contributed by atoms with Gasteiger partial charge in [-0.1, -0.05) is 0 Å². The average molecular weight is 166 g/mol. The van der Waals surface area contributed by atoms with E-state index in [-0.39, 0.29) is 6.15 Å². The van der Waals surface area contributed by atoms with Crippen LogP contribution < -0.4 is 11.9 Å². The molecule has 0 spiro atoms. The first-order valence-electron chi connectivity index (χ1n) is 2.81. The van der Waals surface area contributed by atoms with Crippen LogP contribution in [0.15, 0.2) is 0 Å². The van der Waals surface area contributed by atoms with Crippen LogP contribution in [0.25, 0.3) is 0 Å². The van der Waals surface area contributed by atoms with Crippen LogP contribution in [-0.2, 0) is 4.79 Å². The van der Waals surface area contributed by atoms with E-state index in [1.54, 1.807) is 0 Å². The molecule has 0 saturated heterocycles. The topological polar surface area (TPSA) is 98.3 Å². The maximum Gasteiger partial charge on any atom is 0.320 e. The van der Waals surface area contributed by atoms with Crippen LogP contribution in [0.5, 0.6) is 0 Å². The summed E-state index contributed by atoms with van der Waals surface area (Å²) >= 11 is 0. The minimum absolute atomic E-state index is 0. The number of carboxylic acids is 1. The predicted molar refractivity (Wildman–Crippen MR) is 44.4 cm³/mol. The summed E-state index contributed by atoms with van der Waals surface area (Å²) in [6.07, 6.45) is 1.53. The second kappa shape index (κ2) is 6.93. The molecule has 2 atom stereocenters. The number of aliphatic carboxylic acids is 1. The Labute approximate surface area is 62.5 Å². The number of rotatable bonds is 4. The molecule has 0 aromatic carbocycles. The molecule has 4 nitrogen and oxygen atoms in total. The van der Waals surface area contributed by atoms with E-state index < -0.39 is 12.0 Å². The molecule has 0 aromatic heterocycles. The maximum absolute atomic E-state index is 10.1. The Balaban J connectivity index is 0. The fraction of sp³-hybridized carbons (Fsp3) is 0.800. The van der Waals surface area contributed by atoms with E-state index >= 15 is 0 Å². The van der Waals surface area contributed by atoms with Crippen LogP contribution in [0.3, 0.4) is 0 Å². The number of hydrogen-bond acceptors (Lipinski definition) is 3. The lowest BCUT2D eigenvalue weighted by Crippen LogP contribution is -2.30. The molecule has 0 saturated carbocycles. The summed E-state index contributed by atoms with van der Waals surface area (Å²) in [6, 6.07) is -0.655. The molecule has 0 aliphatic carbocycles. The summed E-state index contributed by atoms with van der Waals surface area (Å²) in [5.41, 5.74) is 5.21. The number of nitrogens with two attached hydrogens (primary N) is 1. The summed E-state index contributed by atoms with van der Waals surface area (Å²) in [7, 11) is 0.800. The largest absolute Gasteiger partial charge is 0.480 e. The van der Waals surface area contributed by atoms with Crippen molar-refractivity contribution in [3.05, 3.63) is 0 Å². The van der Waals surface area contributed by atoms with Crippen molar-refractivity contribution in [2.75, 3.05) is 12.8 Å². The Morgan fingerprint density at radius 2 is 2.30 bits per heavy atom. The highest BCUT2D eigenvalue weighted by Crippen LogP contribution is 2.04. The molecule has 0 bridgehead atoms. The van der Waals surface area contributed by atoms with Gasteiger partial charge in [0, 0.05) is 0 Å². The van der Waals surface area contributed by atoms with Crippen LogP contribution >= 0.6 is 8.58 Å². The summed E-state index contributed by atoms with van der Waals surface area (Å²) in [4.78, 5) is 10.1. The minimum atomic E-state index is -0.895. The molecule has 62 valence electrons. The normalized spacial score (nSPS) is 13.0. The Kier molecular flexibility index (Phi) is 8.66. The monoisotopic (exact) mass is 166 g/mol. The lowest BCUT2D eigenvalue weighted by Gasteiger charge is -2.02. The molecule has 0 rings (SSSR count). The van der Waals surface area contributed by atoms with Crippen molar-refractivity contribution in [3.63, 3.8) is 0 Å². The van der Waals surface area contributed by atoms with E-state index in [2.05, 4.69) is 0 Å². The third-order valence-electron chi connectivity index (χ3n) is 1.02. The molecule has 0 aromatic rings. The molecule has 1 unspecified atom stereocenters. The van der Waals surface area contributed by atoms with E-state index in [4.69, 9.17) is 10.8 Å². The first-order chi connectivity index (χ1) is 4.18. The van der Waals surface area contributed by atoms with Gasteiger partial charge in [-0.15, -0.1) is 8.58 Å². The maximum atomic E-state index is 10.1. The summed E-state index contributed by atoms with van der Waals surface area (Å²) in [5, 5.41) is 8.29. The van der Waals surface area contributed by atoms with Crippen LogP contribution in [0, 0.1) is 0 Å². The van der Waals surface area contributed by atoms with E-state index in [0.717, 1.165) is 14.7 Å². The van der Waals surface area contributed by atoms with Crippen LogP contribution in [0.4, 0.5) is 0 Å². The van der Waals surface area contributed by atoms with Gasteiger partial charge >= 0.3 is 5.97 Å². The fourth-order valence-corrected chi connectivity index (χ4v) is 1.02. The highest BCUT2D eigenvalue weighted by molar-refractivity contribution is 7.36. The lowest BCUT2D eigenvalue weighted by molar-refractivity contribution is -0.138. The van der Waals surface area contributed by atoms with Crippen LogP contribution in [0.2, 0.25) is 0 Å². The highest BCUT2D eigenvalue weighted by Gasteiger charge is 2.08. The standard InChI is InChI=1S/C5H12NO2P.H3N/c1-9-3-2-4(6)5(7)8;/h4,9H,2-3,6H2,1H3,(H,7,8);1H3/t4-;/m1./s1. The zero-order valence-corrected chi connectivity index (χ0v) is 7.13. The first-order valence-corrected chi connectivity index (χ1v) is 4.52. The molecule has 0 aliphatic heterocycles. The van der Waals surface area contributed by atoms with Crippen molar-refractivity contribution in [1.29, 1.82) is 0 Å². The van der Waals surface area contributed by atoms with Crippen molar-refractivity contribution in [2.24, 2.45) is 5.73 Å². The van der Waals surface area contributed by atoms with E-state index in [1.165, 1.54) is 0 Å². The second-order valence-corrected chi connectivity index (χ2v) is 3.04. The van der Waals surface area contributed by atoms with Gasteiger partial charge in [0.1, 0.15) is 6.04 Å². The fourth-order valence-electron chi connectivity index (χ4n) is 0.423. The predicted octanol–water partition coefficient (Wildman–Crippen LogP) is 0.259. The molecule has 5 heteroatoms. The quantitative estimate of drug-likeness (QED) is 0.521. The van der Waals surface area contributed by atoms with Gasteiger partial charge in [-0.05, 0) is 19.2 Å². The number of hydrogen-bond donors (Lipinski definition) is 3. The van der Waals surface area contributed by atoms with Crippen LogP contribution in [0.1, 0.15) is 6.42 Å². The molecule has 0 aliphatic rings. The number of carbonyl (C=O) groups is 1. The van der Waals surface area contributed by atoms with Gasteiger partial charge in [0.25, 0.3) is 0 Å². The Bertz CT molecular complexity index is 99.6. The molecule has 0 fully saturated rings. The molecule has 6 N–H and O–H groups in total. The zero-order valence-electron chi connectivity index (χ0n) is 6.13. The van der Waals surface area contributed by atoms with Crippen molar-refractivity contribution in [2.45, 2.75) is 12.5 Å². The zero-order chi connectivity index (χ0) is 7.28. The van der Waals surface area contributed by atoms with E-state index in [9.17, 15) is 4.79 Å². The summed E-state index contributed by atoms with van der Waals surface area (Å²) in [6.45, 7) is 2.04. The Morgan fingerprint density at radius 3 is 2.60 bits per heavy atom. The van der Waals surface area contributed by atoms with Gasteiger partial charge in [-0.2, -0.15) is 0 Å². The van der Waals surface area contributed by atoms with E-state index in [0.29, 0.717) is 6.42 Å². The van der Waals surface area contributed by atoms with Crippen molar-refractivity contribution in [1.82, 2.24) is 6.15 Å². The van der Waals surface area contributed by atoms with Crippen molar-refractivity contribution >= 4 is 14.6 Å². The lowest BCUT2D eigenvalue weighted by atomic mass is 10.2.